The van der Waals surface area contributed by atoms with Gasteiger partial charge in [0.25, 0.3) is 0 Å². The van der Waals surface area contributed by atoms with E-state index in [1.807, 2.05) is 6.07 Å². The fourth-order valence-electron chi connectivity index (χ4n) is 2.06. The molecule has 2 rings (SSSR count). The molecule has 0 amide bonds. The largest absolute Gasteiger partial charge is 0.490 e. The van der Waals surface area contributed by atoms with Gasteiger partial charge in [-0.2, -0.15) is 0 Å². The molecule has 1 aromatic rings. The molecule has 2 N–H and O–H groups in total. The zero-order valence-corrected chi connectivity index (χ0v) is 11.6. The molecule has 1 aromatic carbocycles. The highest BCUT2D eigenvalue weighted by Gasteiger charge is 2.09. The molecule has 0 aromatic heterocycles. The molecule has 5 nitrogen and oxygen atoms in total. The summed E-state index contributed by atoms with van der Waals surface area (Å²) in [6.45, 7) is 3.20. The fraction of sp³-hybridized carbons (Fsp3) is 0.571. The molecule has 0 aliphatic carbocycles. The average molecular weight is 266 g/mol. The summed E-state index contributed by atoms with van der Waals surface area (Å²) in [6.07, 6.45) is 0.786. The van der Waals surface area contributed by atoms with Gasteiger partial charge < -0.3 is 24.8 Å². The number of nitrogens with one attached hydrogen (secondary N) is 2. The van der Waals surface area contributed by atoms with Crippen molar-refractivity contribution in [1.82, 2.24) is 5.32 Å². The van der Waals surface area contributed by atoms with Crippen LogP contribution in [0.3, 0.4) is 0 Å². The number of anilines is 1. The Morgan fingerprint density at radius 2 is 2.21 bits per heavy atom. The molecule has 0 spiro atoms. The van der Waals surface area contributed by atoms with Crippen molar-refractivity contribution in [3.63, 3.8) is 0 Å². The zero-order chi connectivity index (χ0) is 13.5. The molecule has 0 saturated heterocycles. The average Bonchev–Trinajstić information content (AvgIpc) is 2.47. The quantitative estimate of drug-likeness (QED) is 0.574. The summed E-state index contributed by atoms with van der Waals surface area (Å²) in [4.78, 5) is 0. The Morgan fingerprint density at radius 3 is 3.00 bits per heavy atom. The molecule has 0 unspecified atom stereocenters. The summed E-state index contributed by atoms with van der Waals surface area (Å²) in [5.74, 6) is 0.946. The van der Waals surface area contributed by atoms with Crippen LogP contribution < -0.4 is 15.4 Å². The van der Waals surface area contributed by atoms with Gasteiger partial charge in [-0.05, 0) is 30.7 Å². The Bertz CT molecular complexity index is 394. The van der Waals surface area contributed by atoms with Crippen molar-refractivity contribution in [3.8, 4) is 5.75 Å². The van der Waals surface area contributed by atoms with Crippen LogP contribution >= 0.6 is 0 Å². The van der Waals surface area contributed by atoms with Crippen LogP contribution in [-0.4, -0.2) is 46.8 Å². The van der Waals surface area contributed by atoms with Crippen LogP contribution in [0.15, 0.2) is 18.2 Å². The summed E-state index contributed by atoms with van der Waals surface area (Å²) in [5.41, 5.74) is 2.38. The highest BCUT2D eigenvalue weighted by Crippen LogP contribution is 2.27. The van der Waals surface area contributed by atoms with Gasteiger partial charge in [-0.3, -0.25) is 0 Å². The van der Waals surface area contributed by atoms with Crippen LogP contribution in [-0.2, 0) is 15.9 Å². The summed E-state index contributed by atoms with van der Waals surface area (Å²) >= 11 is 0. The van der Waals surface area contributed by atoms with Gasteiger partial charge in [-0.15, -0.1) is 0 Å². The van der Waals surface area contributed by atoms with E-state index in [0.717, 1.165) is 37.6 Å². The smallest absolute Gasteiger partial charge is 0.169 e. The minimum absolute atomic E-state index is 0.182. The van der Waals surface area contributed by atoms with Crippen molar-refractivity contribution in [2.24, 2.45) is 0 Å². The van der Waals surface area contributed by atoms with Crippen molar-refractivity contribution < 1.29 is 14.2 Å². The molecule has 1 aliphatic rings. The number of methoxy groups -OCH3 is 2. The van der Waals surface area contributed by atoms with Crippen LogP contribution in [0.1, 0.15) is 5.56 Å². The SMILES string of the molecule is COC(CNCCc1ccc2c(c1)NCCO2)OC. The lowest BCUT2D eigenvalue weighted by Crippen LogP contribution is -2.31. The summed E-state index contributed by atoms with van der Waals surface area (Å²) in [7, 11) is 3.29. The lowest BCUT2D eigenvalue weighted by atomic mass is 10.1. The van der Waals surface area contributed by atoms with Crippen LogP contribution in [0.4, 0.5) is 5.69 Å². The highest BCUT2D eigenvalue weighted by molar-refractivity contribution is 5.59. The molecular formula is C14H22N2O3. The van der Waals surface area contributed by atoms with Gasteiger partial charge in [0.05, 0.1) is 5.69 Å². The van der Waals surface area contributed by atoms with Gasteiger partial charge in [0.1, 0.15) is 12.4 Å². The van der Waals surface area contributed by atoms with E-state index in [1.165, 1.54) is 5.56 Å². The van der Waals surface area contributed by atoms with E-state index in [1.54, 1.807) is 14.2 Å². The van der Waals surface area contributed by atoms with Gasteiger partial charge in [0.15, 0.2) is 6.29 Å². The Hall–Kier alpha value is -1.30. The minimum Gasteiger partial charge on any atom is -0.490 e. The summed E-state index contributed by atoms with van der Waals surface area (Å²) in [6, 6.07) is 6.29. The third-order valence-electron chi connectivity index (χ3n) is 3.15. The molecular weight excluding hydrogens is 244 g/mol. The first-order chi connectivity index (χ1) is 9.33. The molecule has 0 fully saturated rings. The Morgan fingerprint density at radius 1 is 1.37 bits per heavy atom. The van der Waals surface area contributed by atoms with Gasteiger partial charge in [0, 0.05) is 27.3 Å². The van der Waals surface area contributed by atoms with Gasteiger partial charge in [-0.1, -0.05) is 6.07 Å². The van der Waals surface area contributed by atoms with E-state index in [4.69, 9.17) is 14.2 Å². The highest BCUT2D eigenvalue weighted by atomic mass is 16.7. The molecule has 106 valence electrons. The Balaban J connectivity index is 1.77. The van der Waals surface area contributed by atoms with Crippen LogP contribution in [0.5, 0.6) is 5.75 Å². The number of benzene rings is 1. The van der Waals surface area contributed by atoms with E-state index < -0.39 is 0 Å². The lowest BCUT2D eigenvalue weighted by Gasteiger charge is -2.20. The van der Waals surface area contributed by atoms with Crippen LogP contribution in [0.25, 0.3) is 0 Å². The maximum Gasteiger partial charge on any atom is 0.169 e. The molecule has 0 bridgehead atoms. The second-order valence-electron chi connectivity index (χ2n) is 4.46. The number of hydrogen-bond donors (Lipinski definition) is 2. The van der Waals surface area contributed by atoms with Crippen molar-refractivity contribution in [1.29, 1.82) is 0 Å². The number of rotatable bonds is 7. The third-order valence-corrected chi connectivity index (χ3v) is 3.15. The second kappa shape index (κ2) is 7.33. The first-order valence-electron chi connectivity index (χ1n) is 6.59. The van der Waals surface area contributed by atoms with Gasteiger partial charge in [-0.25, -0.2) is 0 Å². The molecule has 5 heteroatoms. The van der Waals surface area contributed by atoms with Crippen molar-refractivity contribution in [2.45, 2.75) is 12.7 Å². The summed E-state index contributed by atoms with van der Waals surface area (Å²) in [5, 5.41) is 6.66. The van der Waals surface area contributed by atoms with Crippen LogP contribution in [0.2, 0.25) is 0 Å². The first-order valence-corrected chi connectivity index (χ1v) is 6.59. The van der Waals surface area contributed by atoms with Crippen LogP contribution in [0, 0.1) is 0 Å². The van der Waals surface area contributed by atoms with Gasteiger partial charge >= 0.3 is 0 Å². The maximum absolute atomic E-state index is 5.55. The van der Waals surface area contributed by atoms with Crippen molar-refractivity contribution >= 4 is 5.69 Å². The van der Waals surface area contributed by atoms with E-state index in [2.05, 4.69) is 22.8 Å². The van der Waals surface area contributed by atoms with E-state index >= 15 is 0 Å². The molecule has 0 saturated carbocycles. The first kappa shape index (κ1) is 14.1. The zero-order valence-electron chi connectivity index (χ0n) is 11.6. The maximum atomic E-state index is 5.55. The predicted octanol–water partition coefficient (Wildman–Crippen LogP) is 1.24. The standard InChI is InChI=1S/C14H22N2O3/c1-17-14(18-2)10-15-6-5-11-3-4-13-12(9-11)16-7-8-19-13/h3-4,9,14-16H,5-8,10H2,1-2H3. The number of ether oxygens (including phenoxy) is 3. The molecule has 1 heterocycles. The van der Waals surface area contributed by atoms with Crippen molar-refractivity contribution in [2.75, 3.05) is 45.8 Å². The number of fused-ring (bicyclic) bond motifs is 1. The molecule has 19 heavy (non-hydrogen) atoms. The van der Waals surface area contributed by atoms with Crippen molar-refractivity contribution in [3.05, 3.63) is 23.8 Å². The predicted molar refractivity (Wildman–Crippen MR) is 74.8 cm³/mol. The fourth-order valence-corrected chi connectivity index (χ4v) is 2.06. The van der Waals surface area contributed by atoms with E-state index in [-0.39, 0.29) is 6.29 Å². The third kappa shape index (κ3) is 4.09. The number of hydrogen-bond acceptors (Lipinski definition) is 5. The molecule has 0 radical (unpaired) electrons. The molecule has 1 aliphatic heterocycles. The molecule has 0 atom stereocenters. The Kier molecular flexibility index (Phi) is 5.44. The second-order valence-corrected chi connectivity index (χ2v) is 4.46. The van der Waals surface area contributed by atoms with E-state index in [0.29, 0.717) is 6.54 Å². The Labute approximate surface area is 114 Å². The monoisotopic (exact) mass is 266 g/mol. The topological polar surface area (TPSA) is 51.8 Å². The minimum atomic E-state index is -0.182. The summed E-state index contributed by atoms with van der Waals surface area (Å²) < 4.78 is 15.8. The van der Waals surface area contributed by atoms with Gasteiger partial charge in [0.2, 0.25) is 0 Å². The van der Waals surface area contributed by atoms with E-state index in [9.17, 15) is 0 Å². The normalized spacial score (nSPS) is 13.8. The lowest BCUT2D eigenvalue weighted by molar-refractivity contribution is -0.0986.